The van der Waals surface area contributed by atoms with Crippen molar-refractivity contribution in [3.8, 4) is 0 Å². The first-order valence-corrected chi connectivity index (χ1v) is 15.1. The molecule has 0 radical (unpaired) electrons. The number of carbonyl (C=O) groups is 3. The summed E-state index contributed by atoms with van der Waals surface area (Å²) in [7, 11) is 0. The van der Waals surface area contributed by atoms with Gasteiger partial charge in [0.25, 0.3) is 0 Å². The summed E-state index contributed by atoms with van der Waals surface area (Å²) < 4.78 is -0.601. The van der Waals surface area contributed by atoms with E-state index in [-0.39, 0.29) is 34.4 Å². The number of likely N-dealkylation sites (tertiary alicyclic amines) is 1. The Labute approximate surface area is 226 Å². The SMILES string of the molecule is CCCCCNC(=O)C1N(CCCCCO)C(=O)[C@@H]2[C@H](C(=O)NCc3ccccc3)[C@H]3SC12CC3Br. The van der Waals surface area contributed by atoms with Gasteiger partial charge in [0.2, 0.25) is 17.7 Å². The fraction of sp³-hybridized carbons (Fsp3) is 0.667. The second-order valence-corrected chi connectivity index (χ2v) is 12.9. The average molecular weight is 581 g/mol. The average Bonchev–Trinajstić information content (AvgIpc) is 3.47. The number of amides is 3. The number of hydrogen-bond acceptors (Lipinski definition) is 5. The Kier molecular flexibility index (Phi) is 9.39. The summed E-state index contributed by atoms with van der Waals surface area (Å²) >= 11 is 5.48. The van der Waals surface area contributed by atoms with Gasteiger partial charge in [0.05, 0.1) is 16.6 Å². The first-order valence-electron chi connectivity index (χ1n) is 13.3. The number of rotatable bonds is 13. The molecule has 4 rings (SSSR count). The van der Waals surface area contributed by atoms with E-state index in [1.54, 1.807) is 16.7 Å². The van der Waals surface area contributed by atoms with Gasteiger partial charge in [-0.3, -0.25) is 14.4 Å². The number of nitrogens with one attached hydrogen (secondary N) is 2. The molecule has 1 spiro atoms. The number of aliphatic hydroxyl groups excluding tert-OH is 1. The van der Waals surface area contributed by atoms with E-state index < -0.39 is 22.6 Å². The van der Waals surface area contributed by atoms with Crippen LogP contribution in [0.5, 0.6) is 0 Å². The fourth-order valence-electron chi connectivity index (χ4n) is 6.13. The largest absolute Gasteiger partial charge is 0.396 e. The monoisotopic (exact) mass is 579 g/mol. The maximum Gasteiger partial charge on any atom is 0.244 e. The Morgan fingerprint density at radius 2 is 1.89 bits per heavy atom. The molecular weight excluding hydrogens is 542 g/mol. The molecule has 3 fully saturated rings. The third-order valence-electron chi connectivity index (χ3n) is 7.79. The van der Waals surface area contributed by atoms with Gasteiger partial charge in [-0.15, -0.1) is 11.8 Å². The van der Waals surface area contributed by atoms with Crippen LogP contribution in [0.2, 0.25) is 0 Å². The van der Waals surface area contributed by atoms with Crippen molar-refractivity contribution in [2.24, 2.45) is 11.8 Å². The normalized spacial score (nSPS) is 30.5. The topological polar surface area (TPSA) is 98.7 Å². The Bertz CT molecular complexity index is 935. The second-order valence-electron chi connectivity index (χ2n) is 10.2. The maximum atomic E-state index is 13.9. The van der Waals surface area contributed by atoms with E-state index in [2.05, 4.69) is 33.5 Å². The van der Waals surface area contributed by atoms with Crippen LogP contribution in [0.25, 0.3) is 0 Å². The van der Waals surface area contributed by atoms with Crippen LogP contribution in [-0.4, -0.2) is 68.3 Å². The van der Waals surface area contributed by atoms with E-state index in [1.165, 1.54) is 0 Å². The molecule has 3 aliphatic heterocycles. The molecule has 3 amide bonds. The number of thioether (sulfide) groups is 1. The molecule has 1 aromatic carbocycles. The zero-order chi connectivity index (χ0) is 25.7. The summed E-state index contributed by atoms with van der Waals surface area (Å²) in [5.41, 5.74) is 1.01. The third-order valence-corrected chi connectivity index (χ3v) is 11.0. The Hall–Kier alpha value is -1.58. The quantitative estimate of drug-likeness (QED) is 0.246. The van der Waals surface area contributed by atoms with Gasteiger partial charge in [-0.1, -0.05) is 66.0 Å². The molecule has 0 saturated carbocycles. The zero-order valence-electron chi connectivity index (χ0n) is 21.0. The van der Waals surface area contributed by atoms with Gasteiger partial charge >= 0.3 is 0 Å². The van der Waals surface area contributed by atoms with E-state index >= 15 is 0 Å². The molecule has 0 aliphatic carbocycles. The molecule has 2 bridgehead atoms. The van der Waals surface area contributed by atoms with Gasteiger partial charge in [-0.2, -0.15) is 0 Å². The number of halogens is 1. The first-order chi connectivity index (χ1) is 17.4. The number of fused-ring (bicyclic) bond motifs is 1. The number of carbonyl (C=O) groups excluding carboxylic acids is 3. The van der Waals surface area contributed by atoms with Gasteiger partial charge in [0.15, 0.2) is 0 Å². The standard InChI is InChI=1S/C27H38BrN3O4S/c1-2-3-8-13-29-25(34)23-27-16-19(28)22(36-27)20(24(33)30-17-18-11-6-4-7-12-18)21(27)26(35)31(23)14-9-5-10-15-32/h4,6-7,11-12,19-23,32H,2-3,5,8-10,13-17H2,1H3,(H,29,34)(H,30,33)/t19?,20-,21-,22-,23?,27?/m0/s1. The minimum Gasteiger partial charge on any atom is -0.396 e. The molecule has 3 N–H and O–H groups in total. The van der Waals surface area contributed by atoms with Crippen LogP contribution in [0.1, 0.15) is 57.4 Å². The first kappa shape index (κ1) is 27.5. The van der Waals surface area contributed by atoms with Gasteiger partial charge in [-0.05, 0) is 37.7 Å². The molecule has 3 aliphatic rings. The van der Waals surface area contributed by atoms with Gasteiger partial charge in [-0.25, -0.2) is 0 Å². The van der Waals surface area contributed by atoms with Crippen LogP contribution in [0, 0.1) is 11.8 Å². The van der Waals surface area contributed by atoms with E-state index in [0.29, 0.717) is 32.5 Å². The summed E-state index contributed by atoms with van der Waals surface area (Å²) in [4.78, 5) is 42.9. The highest BCUT2D eigenvalue weighted by Crippen LogP contribution is 2.67. The lowest BCUT2D eigenvalue weighted by Crippen LogP contribution is -2.55. The number of aliphatic hydroxyl groups is 1. The van der Waals surface area contributed by atoms with Crippen LogP contribution >= 0.6 is 27.7 Å². The van der Waals surface area contributed by atoms with E-state index in [9.17, 15) is 14.4 Å². The van der Waals surface area contributed by atoms with Crippen molar-refractivity contribution in [3.63, 3.8) is 0 Å². The van der Waals surface area contributed by atoms with Crippen LogP contribution in [-0.2, 0) is 20.9 Å². The van der Waals surface area contributed by atoms with Crippen molar-refractivity contribution in [2.45, 2.75) is 79.3 Å². The number of benzene rings is 1. The number of hydrogen-bond donors (Lipinski definition) is 3. The molecule has 198 valence electrons. The van der Waals surface area contributed by atoms with Gasteiger partial charge in [0.1, 0.15) is 6.04 Å². The predicted molar refractivity (Wildman–Crippen MR) is 146 cm³/mol. The van der Waals surface area contributed by atoms with E-state index in [0.717, 1.165) is 37.7 Å². The highest BCUT2D eigenvalue weighted by atomic mass is 79.9. The Balaban J connectivity index is 1.56. The van der Waals surface area contributed by atoms with Crippen molar-refractivity contribution in [1.29, 1.82) is 0 Å². The number of nitrogens with zero attached hydrogens (tertiary/aromatic N) is 1. The molecule has 9 heteroatoms. The summed E-state index contributed by atoms with van der Waals surface area (Å²) in [6, 6.07) is 9.19. The van der Waals surface area contributed by atoms with E-state index in [1.807, 2.05) is 30.3 Å². The van der Waals surface area contributed by atoms with Crippen LogP contribution < -0.4 is 10.6 Å². The lowest BCUT2D eigenvalue weighted by atomic mass is 9.70. The molecular formula is C27H38BrN3O4S. The zero-order valence-corrected chi connectivity index (χ0v) is 23.4. The van der Waals surface area contributed by atoms with E-state index in [4.69, 9.17) is 5.11 Å². The van der Waals surface area contributed by atoms with Crippen molar-refractivity contribution >= 4 is 45.4 Å². The second kappa shape index (κ2) is 12.3. The number of unbranched alkanes of at least 4 members (excludes halogenated alkanes) is 4. The Morgan fingerprint density at radius 3 is 2.61 bits per heavy atom. The van der Waals surface area contributed by atoms with Crippen molar-refractivity contribution < 1.29 is 19.5 Å². The lowest BCUT2D eigenvalue weighted by molar-refractivity contribution is -0.140. The van der Waals surface area contributed by atoms with Crippen LogP contribution in [0.15, 0.2) is 30.3 Å². The molecule has 3 unspecified atom stereocenters. The fourth-order valence-corrected chi connectivity index (χ4v) is 9.74. The molecule has 1 aromatic rings. The molecule has 3 heterocycles. The molecule has 3 saturated heterocycles. The molecule has 6 atom stereocenters. The smallest absolute Gasteiger partial charge is 0.244 e. The Morgan fingerprint density at radius 1 is 1.11 bits per heavy atom. The highest BCUT2D eigenvalue weighted by molar-refractivity contribution is 9.09. The van der Waals surface area contributed by atoms with Gasteiger partial charge in [0, 0.05) is 36.3 Å². The molecule has 7 nitrogen and oxygen atoms in total. The van der Waals surface area contributed by atoms with Crippen LogP contribution in [0.4, 0.5) is 0 Å². The summed E-state index contributed by atoms with van der Waals surface area (Å²) in [5.74, 6) is -1.24. The summed E-state index contributed by atoms with van der Waals surface area (Å²) in [6.07, 6.45) is 5.93. The molecule has 0 aromatic heterocycles. The highest BCUT2D eigenvalue weighted by Gasteiger charge is 2.75. The van der Waals surface area contributed by atoms with Crippen molar-refractivity contribution in [3.05, 3.63) is 35.9 Å². The predicted octanol–water partition coefficient (Wildman–Crippen LogP) is 3.24. The summed E-state index contributed by atoms with van der Waals surface area (Å²) in [5, 5.41) is 15.3. The van der Waals surface area contributed by atoms with Crippen molar-refractivity contribution in [1.82, 2.24) is 15.5 Å². The van der Waals surface area contributed by atoms with Gasteiger partial charge < -0.3 is 20.6 Å². The lowest BCUT2D eigenvalue weighted by Gasteiger charge is -2.35. The van der Waals surface area contributed by atoms with Crippen LogP contribution in [0.3, 0.4) is 0 Å². The number of alkyl halides is 1. The maximum absolute atomic E-state index is 13.9. The van der Waals surface area contributed by atoms with Crippen molar-refractivity contribution in [2.75, 3.05) is 19.7 Å². The summed E-state index contributed by atoms with van der Waals surface area (Å²) in [6.45, 7) is 3.74. The minimum atomic E-state index is -0.601. The minimum absolute atomic E-state index is 0.0401. The molecule has 36 heavy (non-hydrogen) atoms. The third kappa shape index (κ3) is 5.34.